The van der Waals surface area contributed by atoms with Crippen LogP contribution < -0.4 is 5.73 Å². The first-order valence-corrected chi connectivity index (χ1v) is 8.60. The molecule has 0 radical (unpaired) electrons. The summed E-state index contributed by atoms with van der Waals surface area (Å²) in [5, 5.41) is 1.23. The molecule has 1 aromatic heterocycles. The number of aromatic nitrogens is 1. The summed E-state index contributed by atoms with van der Waals surface area (Å²) in [6.07, 6.45) is 9.16. The second-order valence-corrected chi connectivity index (χ2v) is 7.47. The van der Waals surface area contributed by atoms with Gasteiger partial charge in [0.2, 0.25) is 0 Å². The van der Waals surface area contributed by atoms with E-state index < -0.39 is 0 Å². The van der Waals surface area contributed by atoms with Crippen LogP contribution in [-0.2, 0) is 6.42 Å². The lowest BCUT2D eigenvalue weighted by Gasteiger charge is -2.31. The fraction of sp³-hybridized carbons (Fsp3) is 0.812. The van der Waals surface area contributed by atoms with Gasteiger partial charge in [-0.15, -0.1) is 11.3 Å². The number of thiazole rings is 1. The molecule has 19 heavy (non-hydrogen) atoms. The number of hydrogen-bond donors (Lipinski definition) is 1. The highest BCUT2D eigenvalue weighted by Crippen LogP contribution is 2.33. The molecule has 1 saturated carbocycles. The van der Waals surface area contributed by atoms with Crippen molar-refractivity contribution >= 4 is 11.3 Å². The van der Waals surface area contributed by atoms with E-state index in [9.17, 15) is 0 Å². The lowest BCUT2D eigenvalue weighted by molar-refractivity contribution is 0.232. The molecule has 108 valence electrons. The van der Waals surface area contributed by atoms with Crippen LogP contribution in [-0.4, -0.2) is 11.0 Å². The quantitative estimate of drug-likeness (QED) is 0.876. The molecule has 1 aliphatic carbocycles. The Kier molecular flexibility index (Phi) is 5.40. The molecular weight excluding hydrogens is 252 g/mol. The maximum absolute atomic E-state index is 6.43. The number of nitrogens with two attached hydrogens (primary N) is 1. The molecule has 1 heterocycles. The Labute approximate surface area is 121 Å². The van der Waals surface area contributed by atoms with Gasteiger partial charge in [0.05, 0.1) is 10.7 Å². The third-order valence-electron chi connectivity index (χ3n) is 4.68. The number of rotatable bonds is 5. The van der Waals surface area contributed by atoms with E-state index in [1.807, 2.05) is 11.3 Å². The second kappa shape index (κ2) is 6.85. The minimum atomic E-state index is 0.313. The molecule has 0 spiro atoms. The minimum absolute atomic E-state index is 0.313. The third-order valence-corrected chi connectivity index (χ3v) is 5.77. The minimum Gasteiger partial charge on any atom is -0.327 e. The second-order valence-electron chi connectivity index (χ2n) is 6.19. The molecule has 2 rings (SSSR count). The zero-order valence-electron chi connectivity index (χ0n) is 12.6. The molecule has 1 unspecified atom stereocenters. The zero-order valence-corrected chi connectivity index (χ0v) is 13.4. The van der Waals surface area contributed by atoms with E-state index in [0.29, 0.717) is 6.04 Å². The number of hydrogen-bond acceptors (Lipinski definition) is 3. The van der Waals surface area contributed by atoms with Gasteiger partial charge >= 0.3 is 0 Å². The van der Waals surface area contributed by atoms with Gasteiger partial charge in [-0.25, -0.2) is 4.98 Å². The largest absolute Gasteiger partial charge is 0.327 e. The zero-order chi connectivity index (χ0) is 13.8. The molecule has 1 atom stereocenters. The van der Waals surface area contributed by atoms with Crippen LogP contribution in [0.5, 0.6) is 0 Å². The van der Waals surface area contributed by atoms with Crippen molar-refractivity contribution in [1.82, 2.24) is 4.98 Å². The molecular formula is C16H28N2S. The fourth-order valence-corrected chi connectivity index (χ4v) is 4.31. The molecule has 3 heteroatoms. The van der Waals surface area contributed by atoms with Crippen LogP contribution >= 0.6 is 11.3 Å². The predicted molar refractivity (Wildman–Crippen MR) is 83.6 cm³/mol. The molecule has 1 aromatic rings. The van der Waals surface area contributed by atoms with Crippen molar-refractivity contribution < 1.29 is 0 Å². The maximum Gasteiger partial charge on any atom is 0.0946 e. The molecule has 0 amide bonds. The predicted octanol–water partition coefficient (Wildman–Crippen LogP) is 4.24. The van der Waals surface area contributed by atoms with E-state index >= 15 is 0 Å². The summed E-state index contributed by atoms with van der Waals surface area (Å²) >= 11 is 1.82. The summed E-state index contributed by atoms with van der Waals surface area (Å²) < 4.78 is 0. The lowest BCUT2D eigenvalue weighted by Crippen LogP contribution is -2.34. The molecule has 1 fully saturated rings. The standard InChI is InChI=1S/C16H28N2S/c1-4-5-13-6-8-14(9-7-13)15(17)10-16-18-11(2)12(3)19-16/h13-15H,4-10,17H2,1-3H3. The van der Waals surface area contributed by atoms with Crippen molar-refractivity contribution in [3.05, 3.63) is 15.6 Å². The summed E-state index contributed by atoms with van der Waals surface area (Å²) in [5.41, 5.74) is 7.61. The highest BCUT2D eigenvalue weighted by Gasteiger charge is 2.25. The van der Waals surface area contributed by atoms with Crippen molar-refractivity contribution in [3.8, 4) is 0 Å². The van der Waals surface area contributed by atoms with E-state index in [2.05, 4.69) is 25.8 Å². The SMILES string of the molecule is CCCC1CCC(C(N)Cc2nc(C)c(C)s2)CC1. The van der Waals surface area contributed by atoms with Gasteiger partial charge < -0.3 is 5.73 Å². The van der Waals surface area contributed by atoms with Gasteiger partial charge in [-0.1, -0.05) is 32.6 Å². The van der Waals surface area contributed by atoms with Crippen LogP contribution in [0.15, 0.2) is 0 Å². The highest BCUT2D eigenvalue weighted by atomic mass is 32.1. The third kappa shape index (κ3) is 4.03. The van der Waals surface area contributed by atoms with Crippen molar-refractivity contribution in [2.45, 2.75) is 71.8 Å². The summed E-state index contributed by atoms with van der Waals surface area (Å²) in [7, 11) is 0. The van der Waals surface area contributed by atoms with Gasteiger partial charge in [-0.3, -0.25) is 0 Å². The Morgan fingerprint density at radius 1 is 1.26 bits per heavy atom. The van der Waals surface area contributed by atoms with Gasteiger partial charge in [-0.05, 0) is 38.5 Å². The van der Waals surface area contributed by atoms with Crippen LogP contribution in [0.2, 0.25) is 0 Å². The fourth-order valence-electron chi connectivity index (χ4n) is 3.31. The Balaban J connectivity index is 1.82. The normalized spacial score (nSPS) is 25.5. The van der Waals surface area contributed by atoms with Gasteiger partial charge in [0, 0.05) is 17.3 Å². The summed E-state index contributed by atoms with van der Waals surface area (Å²) in [4.78, 5) is 5.97. The molecule has 0 aromatic carbocycles. The smallest absolute Gasteiger partial charge is 0.0946 e. The van der Waals surface area contributed by atoms with Crippen LogP contribution in [0.25, 0.3) is 0 Å². The van der Waals surface area contributed by atoms with Gasteiger partial charge in [0.1, 0.15) is 0 Å². The molecule has 0 bridgehead atoms. The number of nitrogens with zero attached hydrogens (tertiary/aromatic N) is 1. The van der Waals surface area contributed by atoms with Crippen LogP contribution in [0, 0.1) is 25.7 Å². The van der Waals surface area contributed by atoms with Gasteiger partial charge in [0.15, 0.2) is 0 Å². The van der Waals surface area contributed by atoms with Crippen LogP contribution in [0.3, 0.4) is 0 Å². The Bertz CT molecular complexity index is 372. The molecule has 2 nitrogen and oxygen atoms in total. The Morgan fingerprint density at radius 2 is 1.95 bits per heavy atom. The summed E-state index contributed by atoms with van der Waals surface area (Å²) in [6.45, 7) is 6.54. The summed E-state index contributed by atoms with van der Waals surface area (Å²) in [6, 6.07) is 0.313. The molecule has 2 N–H and O–H groups in total. The van der Waals surface area contributed by atoms with Crippen molar-refractivity contribution in [1.29, 1.82) is 0 Å². The van der Waals surface area contributed by atoms with E-state index in [1.165, 1.54) is 54.1 Å². The average Bonchev–Trinajstić information content (AvgIpc) is 2.69. The number of aryl methyl sites for hydroxylation is 2. The van der Waals surface area contributed by atoms with Gasteiger partial charge in [-0.2, -0.15) is 0 Å². The van der Waals surface area contributed by atoms with E-state index in [0.717, 1.165) is 18.3 Å². The molecule has 0 saturated heterocycles. The first-order valence-electron chi connectivity index (χ1n) is 7.78. The average molecular weight is 280 g/mol. The first kappa shape index (κ1) is 15.0. The molecule has 0 aliphatic heterocycles. The lowest BCUT2D eigenvalue weighted by atomic mass is 9.76. The van der Waals surface area contributed by atoms with Crippen LogP contribution in [0.4, 0.5) is 0 Å². The van der Waals surface area contributed by atoms with E-state index in [4.69, 9.17) is 5.73 Å². The van der Waals surface area contributed by atoms with E-state index in [-0.39, 0.29) is 0 Å². The monoisotopic (exact) mass is 280 g/mol. The van der Waals surface area contributed by atoms with Crippen LogP contribution in [0.1, 0.15) is 61.0 Å². The Hall–Kier alpha value is -0.410. The maximum atomic E-state index is 6.43. The molecule has 1 aliphatic rings. The Morgan fingerprint density at radius 3 is 2.47 bits per heavy atom. The van der Waals surface area contributed by atoms with Gasteiger partial charge in [0.25, 0.3) is 0 Å². The van der Waals surface area contributed by atoms with Crippen molar-refractivity contribution in [2.75, 3.05) is 0 Å². The topological polar surface area (TPSA) is 38.9 Å². The first-order chi connectivity index (χ1) is 9.10. The summed E-state index contributed by atoms with van der Waals surface area (Å²) in [5.74, 6) is 1.69. The van der Waals surface area contributed by atoms with E-state index in [1.54, 1.807) is 0 Å². The highest BCUT2D eigenvalue weighted by molar-refractivity contribution is 7.11. The van der Waals surface area contributed by atoms with Crippen molar-refractivity contribution in [2.24, 2.45) is 17.6 Å². The van der Waals surface area contributed by atoms with Crippen molar-refractivity contribution in [3.63, 3.8) is 0 Å².